The summed E-state index contributed by atoms with van der Waals surface area (Å²) in [7, 11) is 0. The summed E-state index contributed by atoms with van der Waals surface area (Å²) in [6, 6.07) is 14.1. The number of benzene rings is 2. The molecule has 22 heavy (non-hydrogen) atoms. The van der Waals surface area contributed by atoms with Crippen molar-refractivity contribution in [2.45, 2.75) is 13.0 Å². The maximum atomic E-state index is 12.3. The van der Waals surface area contributed by atoms with Crippen LogP contribution in [0, 0.1) is 10.1 Å². The lowest BCUT2D eigenvalue weighted by Crippen LogP contribution is -2.34. The van der Waals surface area contributed by atoms with E-state index in [2.05, 4.69) is 17.0 Å². The molecule has 0 unspecified atom stereocenters. The van der Waals surface area contributed by atoms with Gasteiger partial charge < -0.3 is 0 Å². The number of ketones is 1. The molecule has 2 aromatic rings. The van der Waals surface area contributed by atoms with Crippen LogP contribution in [0.2, 0.25) is 0 Å². The Bertz CT molecular complexity index is 710. The molecular formula is C17H16N2O3. The SMILES string of the molecule is O=C(CN1CCc2ccccc2C1)c1ccc([N+](=O)[O-])cc1. The monoisotopic (exact) mass is 296 g/mol. The van der Waals surface area contributed by atoms with Crippen molar-refractivity contribution in [1.29, 1.82) is 0 Å². The minimum absolute atomic E-state index is 0.00319. The molecule has 3 rings (SSSR count). The summed E-state index contributed by atoms with van der Waals surface area (Å²) in [5.41, 5.74) is 3.14. The Balaban J connectivity index is 1.66. The van der Waals surface area contributed by atoms with Crippen molar-refractivity contribution < 1.29 is 9.72 Å². The van der Waals surface area contributed by atoms with Crippen LogP contribution in [-0.2, 0) is 13.0 Å². The number of nitro benzene ring substituents is 1. The Kier molecular flexibility index (Phi) is 3.98. The number of hydrogen-bond donors (Lipinski definition) is 0. The van der Waals surface area contributed by atoms with Crippen molar-refractivity contribution >= 4 is 11.5 Å². The summed E-state index contributed by atoms with van der Waals surface area (Å²) < 4.78 is 0. The zero-order valence-corrected chi connectivity index (χ0v) is 12.1. The topological polar surface area (TPSA) is 63.5 Å². The van der Waals surface area contributed by atoms with E-state index < -0.39 is 4.92 Å². The largest absolute Gasteiger partial charge is 0.293 e. The molecule has 0 radical (unpaired) electrons. The summed E-state index contributed by atoms with van der Waals surface area (Å²) in [6.07, 6.45) is 0.948. The summed E-state index contributed by atoms with van der Waals surface area (Å²) in [6.45, 7) is 1.97. The van der Waals surface area contributed by atoms with Crippen molar-refractivity contribution in [3.8, 4) is 0 Å². The third-order valence-electron chi connectivity index (χ3n) is 3.98. The smallest absolute Gasteiger partial charge is 0.269 e. The van der Waals surface area contributed by atoms with Gasteiger partial charge in [0.2, 0.25) is 0 Å². The highest BCUT2D eigenvalue weighted by atomic mass is 16.6. The fourth-order valence-corrected chi connectivity index (χ4v) is 2.75. The standard InChI is InChI=1S/C17H16N2O3/c20-17(14-5-7-16(8-6-14)19(21)22)12-18-10-9-13-3-1-2-4-15(13)11-18/h1-8H,9-12H2. The summed E-state index contributed by atoms with van der Waals surface area (Å²) in [5.74, 6) is -0.00530. The van der Waals surface area contributed by atoms with Crippen LogP contribution in [0.5, 0.6) is 0 Å². The number of Topliss-reactive ketones (excluding diaryl/α,β-unsaturated/α-hetero) is 1. The fraction of sp³-hybridized carbons (Fsp3) is 0.235. The molecule has 2 aromatic carbocycles. The van der Waals surface area contributed by atoms with Crippen LogP contribution in [-0.4, -0.2) is 28.7 Å². The second-order valence-electron chi connectivity index (χ2n) is 5.46. The van der Waals surface area contributed by atoms with E-state index in [1.54, 1.807) is 0 Å². The van der Waals surface area contributed by atoms with Gasteiger partial charge in [-0.1, -0.05) is 24.3 Å². The molecule has 5 heteroatoms. The quantitative estimate of drug-likeness (QED) is 0.494. The molecule has 0 atom stereocenters. The van der Waals surface area contributed by atoms with Crippen LogP contribution in [0.15, 0.2) is 48.5 Å². The van der Waals surface area contributed by atoms with Crippen LogP contribution in [0.4, 0.5) is 5.69 Å². The molecule has 1 aliphatic rings. The molecule has 1 aliphatic heterocycles. The second kappa shape index (κ2) is 6.07. The zero-order chi connectivity index (χ0) is 15.5. The van der Waals surface area contributed by atoms with Gasteiger partial charge in [-0.25, -0.2) is 0 Å². The maximum absolute atomic E-state index is 12.3. The van der Waals surface area contributed by atoms with Gasteiger partial charge >= 0.3 is 0 Å². The minimum Gasteiger partial charge on any atom is -0.293 e. The summed E-state index contributed by atoms with van der Waals surface area (Å²) in [5, 5.41) is 10.6. The summed E-state index contributed by atoms with van der Waals surface area (Å²) >= 11 is 0. The Labute approximate surface area is 128 Å². The highest BCUT2D eigenvalue weighted by molar-refractivity contribution is 5.97. The molecule has 0 spiro atoms. The van der Waals surface area contributed by atoms with Crippen LogP contribution < -0.4 is 0 Å². The fourth-order valence-electron chi connectivity index (χ4n) is 2.75. The van der Waals surface area contributed by atoms with Gasteiger partial charge in [0.1, 0.15) is 0 Å². The minimum atomic E-state index is -0.462. The third kappa shape index (κ3) is 3.04. The predicted molar refractivity (Wildman–Crippen MR) is 82.8 cm³/mol. The molecule has 112 valence electrons. The van der Waals surface area contributed by atoms with E-state index in [4.69, 9.17) is 0 Å². The first-order valence-corrected chi connectivity index (χ1v) is 7.20. The first-order valence-electron chi connectivity index (χ1n) is 7.20. The molecule has 0 saturated carbocycles. The molecule has 0 saturated heterocycles. The van der Waals surface area contributed by atoms with Gasteiger partial charge in [0.15, 0.2) is 5.78 Å². The molecule has 5 nitrogen and oxygen atoms in total. The molecule has 1 heterocycles. The lowest BCUT2D eigenvalue weighted by Gasteiger charge is -2.28. The average Bonchev–Trinajstić information content (AvgIpc) is 2.55. The van der Waals surface area contributed by atoms with E-state index >= 15 is 0 Å². The number of non-ortho nitro benzene ring substituents is 1. The van der Waals surface area contributed by atoms with Gasteiger partial charge in [-0.05, 0) is 29.7 Å². The van der Waals surface area contributed by atoms with Gasteiger partial charge in [0.05, 0.1) is 11.5 Å². The van der Waals surface area contributed by atoms with Crippen molar-refractivity contribution in [1.82, 2.24) is 4.90 Å². The highest BCUT2D eigenvalue weighted by Gasteiger charge is 2.19. The van der Waals surface area contributed by atoms with Gasteiger partial charge in [-0.3, -0.25) is 19.8 Å². The first kappa shape index (κ1) is 14.4. The molecule has 0 aliphatic carbocycles. The number of rotatable bonds is 4. The maximum Gasteiger partial charge on any atom is 0.269 e. The number of nitrogens with zero attached hydrogens (tertiary/aromatic N) is 2. The Morgan fingerprint density at radius 3 is 2.45 bits per heavy atom. The normalized spacial score (nSPS) is 14.4. The predicted octanol–water partition coefficient (Wildman–Crippen LogP) is 2.84. The lowest BCUT2D eigenvalue weighted by atomic mass is 9.99. The Hall–Kier alpha value is -2.53. The zero-order valence-electron chi connectivity index (χ0n) is 12.1. The van der Waals surface area contributed by atoms with E-state index in [-0.39, 0.29) is 11.5 Å². The van der Waals surface area contributed by atoms with E-state index in [0.29, 0.717) is 12.1 Å². The molecule has 0 fully saturated rings. The van der Waals surface area contributed by atoms with Crippen LogP contribution in [0.3, 0.4) is 0 Å². The van der Waals surface area contributed by atoms with E-state index in [1.807, 2.05) is 12.1 Å². The van der Waals surface area contributed by atoms with Gasteiger partial charge in [-0.2, -0.15) is 0 Å². The van der Waals surface area contributed by atoms with Crippen molar-refractivity contribution in [2.24, 2.45) is 0 Å². The lowest BCUT2D eigenvalue weighted by molar-refractivity contribution is -0.384. The summed E-state index contributed by atoms with van der Waals surface area (Å²) in [4.78, 5) is 24.6. The van der Waals surface area contributed by atoms with Crippen LogP contribution in [0.25, 0.3) is 0 Å². The van der Waals surface area contributed by atoms with Gasteiger partial charge in [-0.15, -0.1) is 0 Å². The van der Waals surface area contributed by atoms with Crippen molar-refractivity contribution in [2.75, 3.05) is 13.1 Å². The Morgan fingerprint density at radius 2 is 1.77 bits per heavy atom. The third-order valence-corrected chi connectivity index (χ3v) is 3.98. The van der Waals surface area contributed by atoms with Crippen molar-refractivity contribution in [3.63, 3.8) is 0 Å². The van der Waals surface area contributed by atoms with E-state index in [1.165, 1.54) is 35.4 Å². The number of carbonyl (C=O) groups is 1. The average molecular weight is 296 g/mol. The van der Waals surface area contributed by atoms with Gasteiger partial charge in [0, 0.05) is 30.8 Å². The number of hydrogen-bond acceptors (Lipinski definition) is 4. The first-order chi connectivity index (χ1) is 10.6. The highest BCUT2D eigenvalue weighted by Crippen LogP contribution is 2.19. The molecule has 0 N–H and O–H groups in total. The number of fused-ring (bicyclic) bond motifs is 1. The molecule has 0 amide bonds. The second-order valence-corrected chi connectivity index (χ2v) is 5.46. The number of nitro groups is 1. The number of carbonyl (C=O) groups excluding carboxylic acids is 1. The Morgan fingerprint density at radius 1 is 1.09 bits per heavy atom. The van der Waals surface area contributed by atoms with Gasteiger partial charge in [0.25, 0.3) is 5.69 Å². The van der Waals surface area contributed by atoms with E-state index in [0.717, 1.165) is 19.5 Å². The molecule has 0 aromatic heterocycles. The van der Waals surface area contributed by atoms with Crippen molar-refractivity contribution in [3.05, 3.63) is 75.3 Å². The van der Waals surface area contributed by atoms with Crippen LogP contribution >= 0.6 is 0 Å². The molecular weight excluding hydrogens is 280 g/mol. The van der Waals surface area contributed by atoms with Crippen LogP contribution in [0.1, 0.15) is 21.5 Å². The van der Waals surface area contributed by atoms with E-state index in [9.17, 15) is 14.9 Å². The molecule has 0 bridgehead atoms.